The third kappa shape index (κ3) is 4.56. The zero-order chi connectivity index (χ0) is 22.3. The van der Waals surface area contributed by atoms with E-state index in [1.165, 1.54) is 19.3 Å². The molecule has 1 amide bonds. The van der Waals surface area contributed by atoms with Gasteiger partial charge in [0.1, 0.15) is 5.75 Å². The molecule has 0 saturated heterocycles. The highest BCUT2D eigenvalue weighted by molar-refractivity contribution is 7.86. The predicted molar refractivity (Wildman–Crippen MR) is 123 cm³/mol. The molecule has 0 radical (unpaired) electrons. The number of amides is 1. The fourth-order valence-electron chi connectivity index (χ4n) is 6.76. The summed E-state index contributed by atoms with van der Waals surface area (Å²) in [5.74, 6) is 2.75. The molecule has 2 aromatic carbocycles. The van der Waals surface area contributed by atoms with Gasteiger partial charge in [-0.1, -0.05) is 42.5 Å². The molecular formula is C26H31NO4S. The van der Waals surface area contributed by atoms with Gasteiger partial charge < -0.3 is 9.08 Å². The maximum Gasteiger partial charge on any atom is 0.306 e. The monoisotopic (exact) mass is 453 g/mol. The van der Waals surface area contributed by atoms with E-state index in [4.69, 9.17) is 4.18 Å². The summed E-state index contributed by atoms with van der Waals surface area (Å²) >= 11 is 0. The van der Waals surface area contributed by atoms with Crippen molar-refractivity contribution in [2.24, 2.45) is 23.2 Å². The van der Waals surface area contributed by atoms with Gasteiger partial charge >= 0.3 is 10.1 Å². The zero-order valence-electron chi connectivity index (χ0n) is 18.6. The highest BCUT2D eigenvalue weighted by atomic mass is 32.2. The first-order chi connectivity index (χ1) is 15.3. The Labute approximate surface area is 190 Å². The van der Waals surface area contributed by atoms with E-state index in [-0.39, 0.29) is 5.41 Å². The van der Waals surface area contributed by atoms with Gasteiger partial charge in [-0.2, -0.15) is 8.42 Å². The molecule has 0 unspecified atom stereocenters. The molecule has 2 aromatic rings. The average molecular weight is 454 g/mol. The lowest BCUT2D eigenvalue weighted by Crippen LogP contribution is -2.54. The zero-order valence-corrected chi connectivity index (χ0v) is 19.4. The number of carbonyl (C=O) groups excluding carboxylic acids is 1. The number of nitrogens with zero attached hydrogens (tertiary/aromatic N) is 1. The van der Waals surface area contributed by atoms with Gasteiger partial charge in [0.2, 0.25) is 5.91 Å². The molecule has 4 fully saturated rings. The van der Waals surface area contributed by atoms with Gasteiger partial charge in [0.15, 0.2) is 0 Å². The molecule has 4 aliphatic carbocycles. The van der Waals surface area contributed by atoms with Crippen molar-refractivity contribution in [3.05, 3.63) is 65.7 Å². The molecule has 32 heavy (non-hydrogen) atoms. The van der Waals surface area contributed by atoms with Crippen LogP contribution in [0.15, 0.2) is 54.6 Å². The van der Waals surface area contributed by atoms with Crippen LogP contribution in [0.4, 0.5) is 0 Å². The minimum atomic E-state index is -3.56. The van der Waals surface area contributed by atoms with Gasteiger partial charge in [0, 0.05) is 13.1 Å². The van der Waals surface area contributed by atoms with Gasteiger partial charge in [0.25, 0.3) is 0 Å². The molecule has 4 bridgehead atoms. The Morgan fingerprint density at radius 3 is 1.88 bits per heavy atom. The second-order valence-corrected chi connectivity index (χ2v) is 11.9. The van der Waals surface area contributed by atoms with Gasteiger partial charge in [-0.05, 0) is 79.5 Å². The Kier molecular flexibility index (Phi) is 5.52. The molecule has 0 heterocycles. The molecule has 4 saturated carbocycles. The van der Waals surface area contributed by atoms with Crippen LogP contribution in [0.3, 0.4) is 0 Å². The topological polar surface area (TPSA) is 63.7 Å². The van der Waals surface area contributed by atoms with Crippen LogP contribution in [0.1, 0.15) is 49.7 Å². The van der Waals surface area contributed by atoms with E-state index < -0.39 is 10.1 Å². The largest absolute Gasteiger partial charge is 0.383 e. The minimum Gasteiger partial charge on any atom is -0.383 e. The summed E-state index contributed by atoms with van der Waals surface area (Å²) in [5, 5.41) is 0. The van der Waals surface area contributed by atoms with E-state index in [0.29, 0.717) is 24.7 Å². The van der Waals surface area contributed by atoms with Crippen LogP contribution in [0.5, 0.6) is 5.75 Å². The summed E-state index contributed by atoms with van der Waals surface area (Å²) < 4.78 is 27.7. The summed E-state index contributed by atoms with van der Waals surface area (Å²) in [5.41, 5.74) is 1.91. The summed E-state index contributed by atoms with van der Waals surface area (Å²) in [6.07, 6.45) is 8.11. The van der Waals surface area contributed by atoms with E-state index >= 15 is 0 Å². The van der Waals surface area contributed by atoms with Crippen LogP contribution in [0, 0.1) is 23.2 Å². The quantitative estimate of drug-likeness (QED) is 0.567. The Morgan fingerprint density at radius 2 is 1.38 bits per heavy atom. The molecule has 0 aliphatic heterocycles. The van der Waals surface area contributed by atoms with E-state index in [1.54, 1.807) is 12.1 Å². The maximum atomic E-state index is 14.1. The second-order valence-electron chi connectivity index (χ2n) is 10.3. The van der Waals surface area contributed by atoms with Crippen LogP contribution < -0.4 is 4.18 Å². The first-order valence-corrected chi connectivity index (χ1v) is 13.4. The van der Waals surface area contributed by atoms with E-state index in [9.17, 15) is 13.2 Å². The molecule has 4 aliphatic rings. The molecule has 6 rings (SSSR count). The van der Waals surface area contributed by atoms with Crippen LogP contribution in [0.25, 0.3) is 0 Å². The van der Waals surface area contributed by atoms with E-state index in [2.05, 4.69) is 12.1 Å². The molecule has 0 atom stereocenters. The lowest BCUT2D eigenvalue weighted by atomic mass is 9.49. The van der Waals surface area contributed by atoms with Crippen molar-refractivity contribution >= 4 is 16.0 Å². The maximum absolute atomic E-state index is 14.1. The van der Waals surface area contributed by atoms with Crippen molar-refractivity contribution in [3.63, 3.8) is 0 Å². The Hall–Kier alpha value is -2.34. The number of rotatable bonds is 7. The minimum absolute atomic E-state index is 0.192. The highest BCUT2D eigenvalue weighted by Gasteiger charge is 2.55. The molecular weight excluding hydrogens is 422 g/mol. The Bertz CT molecular complexity index is 1040. The smallest absolute Gasteiger partial charge is 0.306 e. The van der Waals surface area contributed by atoms with Crippen molar-refractivity contribution in [1.82, 2.24) is 4.90 Å². The normalized spacial score (nSPS) is 28.5. The van der Waals surface area contributed by atoms with Crippen LogP contribution in [-0.4, -0.2) is 25.5 Å². The highest BCUT2D eigenvalue weighted by Crippen LogP contribution is 2.60. The first-order valence-electron chi connectivity index (χ1n) is 11.6. The third-order valence-corrected chi connectivity index (χ3v) is 8.03. The summed E-state index contributed by atoms with van der Waals surface area (Å²) in [6, 6.07) is 17.2. The molecule has 6 heteroatoms. The second kappa shape index (κ2) is 8.22. The Morgan fingerprint density at radius 1 is 0.875 bits per heavy atom. The van der Waals surface area contributed by atoms with Crippen molar-refractivity contribution in [3.8, 4) is 5.75 Å². The van der Waals surface area contributed by atoms with Crippen molar-refractivity contribution in [2.75, 3.05) is 6.26 Å². The lowest BCUT2D eigenvalue weighted by molar-refractivity contribution is -0.159. The van der Waals surface area contributed by atoms with Gasteiger partial charge in [-0.3, -0.25) is 4.79 Å². The van der Waals surface area contributed by atoms with Gasteiger partial charge in [0.05, 0.1) is 11.7 Å². The molecule has 5 nitrogen and oxygen atoms in total. The molecule has 170 valence electrons. The average Bonchev–Trinajstić information content (AvgIpc) is 2.73. The third-order valence-electron chi connectivity index (χ3n) is 7.54. The predicted octanol–water partition coefficient (Wildman–Crippen LogP) is 4.77. The fourth-order valence-corrected chi connectivity index (χ4v) is 7.22. The first kappa shape index (κ1) is 21.5. The fraction of sp³-hybridized carbons (Fsp3) is 0.500. The van der Waals surface area contributed by atoms with Crippen molar-refractivity contribution in [1.29, 1.82) is 0 Å². The van der Waals surface area contributed by atoms with Crippen molar-refractivity contribution in [2.45, 2.75) is 51.6 Å². The summed E-state index contributed by atoms with van der Waals surface area (Å²) in [6.45, 7) is 1.09. The number of hydrogen-bond acceptors (Lipinski definition) is 4. The van der Waals surface area contributed by atoms with E-state index in [1.807, 2.05) is 35.2 Å². The molecule has 0 aromatic heterocycles. The SMILES string of the molecule is CS(=O)(=O)Oc1ccc(CN(Cc2ccccc2)C(=O)C23CC4CC(CC(C4)C2)C3)cc1. The van der Waals surface area contributed by atoms with E-state index in [0.717, 1.165) is 54.4 Å². The molecule has 0 spiro atoms. The van der Waals surface area contributed by atoms with Gasteiger partial charge in [-0.25, -0.2) is 0 Å². The van der Waals surface area contributed by atoms with Gasteiger partial charge in [-0.15, -0.1) is 0 Å². The lowest BCUT2D eigenvalue weighted by Gasteiger charge is -2.56. The van der Waals surface area contributed by atoms with Crippen LogP contribution in [0.2, 0.25) is 0 Å². The number of carbonyl (C=O) groups is 1. The summed E-state index contributed by atoms with van der Waals surface area (Å²) in [7, 11) is -3.56. The standard InChI is InChI=1S/C26H31NO4S/c1-32(29,30)31-24-9-7-20(8-10-24)18-27(17-19-5-3-2-4-6-19)25(28)26-14-21-11-22(15-26)13-23(12-21)16-26/h2-10,21-23H,11-18H2,1H3. The number of benzene rings is 2. The summed E-state index contributed by atoms with van der Waals surface area (Å²) in [4.78, 5) is 16.1. The molecule has 0 N–H and O–H groups in total. The Balaban J connectivity index is 1.39. The van der Waals surface area contributed by atoms with Crippen LogP contribution >= 0.6 is 0 Å². The number of hydrogen-bond donors (Lipinski definition) is 0. The van der Waals surface area contributed by atoms with Crippen molar-refractivity contribution < 1.29 is 17.4 Å². The van der Waals surface area contributed by atoms with Crippen LogP contribution in [-0.2, 0) is 28.0 Å².